The predicted octanol–water partition coefficient (Wildman–Crippen LogP) is 7.25. The number of allylic oxidation sites excluding steroid dienone is 1. The fourth-order valence-corrected chi connectivity index (χ4v) is 6.28. The first-order valence-electron chi connectivity index (χ1n) is 15.2. The minimum atomic E-state index is -1.34. The standard InChI is InChI=1S/C34H40ClN5O6SSi/c1-34(2,3)46-33(44)40-28(16-25-15-24(21-41)7-11-30(25)40)9-8-27(19-38(22-42)23-45-13-14-48(4,5)6)37-32(43)26-17-36-39(18-26)20-29-10-12-31(35)47-29/h7-12,15-19,21-22H,13-14,20,23H2,1-6H3,(H,37,43)/b9-8+,27-19+. The Hall–Kier alpha value is -4.30. The van der Waals surface area contributed by atoms with Gasteiger partial charge in [-0.3, -0.25) is 24.0 Å². The number of fused-ring (bicyclic) bond motifs is 1. The van der Waals surface area contributed by atoms with Gasteiger partial charge in [-0.25, -0.2) is 9.36 Å². The van der Waals surface area contributed by atoms with E-state index in [4.69, 9.17) is 21.1 Å². The van der Waals surface area contributed by atoms with Gasteiger partial charge in [-0.2, -0.15) is 5.10 Å². The highest BCUT2D eigenvalue weighted by molar-refractivity contribution is 7.16. The lowest BCUT2D eigenvalue weighted by atomic mass is 10.2. The van der Waals surface area contributed by atoms with E-state index >= 15 is 0 Å². The fourth-order valence-electron chi connectivity index (χ4n) is 4.45. The highest BCUT2D eigenvalue weighted by Gasteiger charge is 2.22. The van der Waals surface area contributed by atoms with Crippen LogP contribution in [0.4, 0.5) is 4.79 Å². The van der Waals surface area contributed by atoms with Gasteiger partial charge in [-0.15, -0.1) is 11.3 Å². The van der Waals surface area contributed by atoms with E-state index < -0.39 is 25.7 Å². The minimum absolute atomic E-state index is 0.0187. The summed E-state index contributed by atoms with van der Waals surface area (Å²) in [5, 5.41) is 7.80. The number of hydrogen-bond donors (Lipinski definition) is 1. The molecular formula is C34H40ClN5O6SSi. The SMILES string of the molecule is CC(C)(C)OC(=O)n1c(/C=C/C(=C\N(C=O)COCC[Si](C)(C)C)NC(=O)c2cnn(Cc3ccc(Cl)s3)c2)cc2cc(C=O)ccc21. The molecule has 11 nitrogen and oxygen atoms in total. The Balaban J connectivity index is 1.66. The molecule has 4 aromatic rings. The number of thiophene rings is 1. The first-order chi connectivity index (χ1) is 22.6. The maximum absolute atomic E-state index is 13.4. The summed E-state index contributed by atoms with van der Waals surface area (Å²) in [4.78, 5) is 52.6. The van der Waals surface area contributed by atoms with Crippen LogP contribution in [0.25, 0.3) is 17.0 Å². The van der Waals surface area contributed by atoms with E-state index in [0.29, 0.717) is 51.6 Å². The van der Waals surface area contributed by atoms with Gasteiger partial charge in [0.05, 0.1) is 39.5 Å². The number of ether oxygens (including phenoxy) is 2. The van der Waals surface area contributed by atoms with Crippen LogP contribution in [-0.2, 0) is 20.8 Å². The molecule has 254 valence electrons. The lowest BCUT2D eigenvalue weighted by molar-refractivity contribution is -0.119. The molecule has 0 unspecified atom stereocenters. The van der Waals surface area contributed by atoms with Gasteiger partial charge in [0.2, 0.25) is 6.41 Å². The number of nitrogens with zero attached hydrogens (tertiary/aromatic N) is 4. The molecule has 0 spiro atoms. The number of hydrogen-bond acceptors (Lipinski definition) is 8. The Morgan fingerprint density at radius 3 is 2.54 bits per heavy atom. The molecule has 0 radical (unpaired) electrons. The van der Waals surface area contributed by atoms with E-state index in [1.54, 1.807) is 74.1 Å². The van der Waals surface area contributed by atoms with Crippen LogP contribution in [0.2, 0.25) is 30.0 Å². The number of aldehydes is 1. The molecule has 2 amide bonds. The van der Waals surface area contributed by atoms with E-state index in [2.05, 4.69) is 30.1 Å². The maximum Gasteiger partial charge on any atom is 0.419 e. The molecule has 0 fully saturated rings. The third-order valence-electron chi connectivity index (χ3n) is 6.78. The summed E-state index contributed by atoms with van der Waals surface area (Å²) in [6.45, 7) is 12.9. The average molecular weight is 710 g/mol. The number of rotatable bonds is 14. The number of carbonyl (C=O) groups excluding carboxylic acids is 4. The molecule has 0 bridgehead atoms. The van der Waals surface area contributed by atoms with Gasteiger partial charge in [0.25, 0.3) is 5.91 Å². The Morgan fingerprint density at radius 1 is 1.12 bits per heavy atom. The van der Waals surface area contributed by atoms with Crippen molar-refractivity contribution in [3.8, 4) is 0 Å². The molecule has 14 heteroatoms. The van der Waals surface area contributed by atoms with Gasteiger partial charge in [0.15, 0.2) is 0 Å². The largest absolute Gasteiger partial charge is 0.443 e. The van der Waals surface area contributed by atoms with E-state index in [1.165, 1.54) is 33.2 Å². The van der Waals surface area contributed by atoms with Crippen molar-refractivity contribution in [3.05, 3.63) is 92.8 Å². The van der Waals surface area contributed by atoms with E-state index in [0.717, 1.165) is 17.2 Å². The molecule has 4 rings (SSSR count). The molecule has 0 saturated heterocycles. The van der Waals surface area contributed by atoms with Crippen LogP contribution < -0.4 is 5.32 Å². The van der Waals surface area contributed by atoms with Gasteiger partial charge >= 0.3 is 6.09 Å². The predicted molar refractivity (Wildman–Crippen MR) is 191 cm³/mol. The summed E-state index contributed by atoms with van der Waals surface area (Å²) < 4.78 is 15.1. The summed E-state index contributed by atoms with van der Waals surface area (Å²) in [5.41, 5.74) is 1.18. The first-order valence-corrected chi connectivity index (χ1v) is 20.1. The van der Waals surface area contributed by atoms with Crippen molar-refractivity contribution in [2.24, 2.45) is 0 Å². The summed E-state index contributed by atoms with van der Waals surface area (Å²) in [6, 6.07) is 11.3. The van der Waals surface area contributed by atoms with Crippen molar-refractivity contribution in [1.29, 1.82) is 0 Å². The van der Waals surface area contributed by atoms with Crippen LogP contribution in [0.3, 0.4) is 0 Å². The second-order valence-electron chi connectivity index (χ2n) is 13.3. The number of carbonyl (C=O) groups is 4. The quantitative estimate of drug-likeness (QED) is 0.0481. The Bertz CT molecular complexity index is 1850. The van der Waals surface area contributed by atoms with E-state index in [9.17, 15) is 19.2 Å². The molecule has 3 aromatic heterocycles. The Kier molecular flexibility index (Phi) is 12.0. The summed E-state index contributed by atoms with van der Waals surface area (Å²) >= 11 is 7.48. The van der Waals surface area contributed by atoms with Crippen LogP contribution >= 0.6 is 22.9 Å². The second kappa shape index (κ2) is 15.7. The fraction of sp³-hybridized carbons (Fsp3) is 0.324. The molecule has 48 heavy (non-hydrogen) atoms. The third kappa shape index (κ3) is 10.6. The van der Waals surface area contributed by atoms with Crippen LogP contribution in [-0.4, -0.2) is 71.0 Å². The topological polar surface area (TPSA) is 125 Å². The van der Waals surface area contributed by atoms with Crippen molar-refractivity contribution >= 4 is 72.7 Å². The molecule has 1 aromatic carbocycles. The molecule has 0 atom stereocenters. The minimum Gasteiger partial charge on any atom is -0.443 e. The van der Waals surface area contributed by atoms with Crippen molar-refractivity contribution in [1.82, 2.24) is 24.6 Å². The summed E-state index contributed by atoms with van der Waals surface area (Å²) in [7, 11) is -1.34. The second-order valence-corrected chi connectivity index (χ2v) is 20.7. The van der Waals surface area contributed by atoms with Gasteiger partial charge in [0.1, 0.15) is 18.6 Å². The molecule has 0 aliphatic rings. The smallest absolute Gasteiger partial charge is 0.419 e. The molecule has 1 N–H and O–H groups in total. The highest BCUT2D eigenvalue weighted by atomic mass is 35.5. The zero-order chi connectivity index (χ0) is 35.1. The van der Waals surface area contributed by atoms with Gasteiger partial charge < -0.3 is 14.8 Å². The molecule has 3 heterocycles. The van der Waals surface area contributed by atoms with E-state index in [1.807, 2.05) is 6.07 Å². The molecule has 0 saturated carbocycles. The molecule has 0 aliphatic heterocycles. The van der Waals surface area contributed by atoms with Crippen LogP contribution in [0.5, 0.6) is 0 Å². The van der Waals surface area contributed by atoms with Crippen molar-refractivity contribution in [2.75, 3.05) is 13.3 Å². The zero-order valence-corrected chi connectivity index (χ0v) is 30.4. The summed E-state index contributed by atoms with van der Waals surface area (Å²) in [5.74, 6) is -0.463. The van der Waals surface area contributed by atoms with Crippen molar-refractivity contribution < 1.29 is 28.7 Å². The zero-order valence-electron chi connectivity index (χ0n) is 27.9. The Morgan fingerprint density at radius 2 is 1.90 bits per heavy atom. The van der Waals surface area contributed by atoms with Crippen LogP contribution in [0.1, 0.15) is 52.1 Å². The molecule has 0 aliphatic carbocycles. The number of aromatic nitrogens is 3. The van der Waals surface area contributed by atoms with Gasteiger partial charge in [-0.1, -0.05) is 31.2 Å². The normalized spacial score (nSPS) is 12.4. The number of amides is 2. The third-order valence-corrected chi connectivity index (χ3v) is 9.70. The highest BCUT2D eigenvalue weighted by Crippen LogP contribution is 2.25. The lowest BCUT2D eigenvalue weighted by Crippen LogP contribution is -2.28. The average Bonchev–Trinajstić information content (AvgIpc) is 3.73. The summed E-state index contributed by atoms with van der Waals surface area (Å²) in [6.07, 6.45) is 8.44. The van der Waals surface area contributed by atoms with E-state index in [-0.39, 0.29) is 12.4 Å². The maximum atomic E-state index is 13.4. The van der Waals surface area contributed by atoms with Crippen LogP contribution in [0, 0.1) is 0 Å². The van der Waals surface area contributed by atoms with Gasteiger partial charge in [-0.05, 0) is 75.4 Å². The monoisotopic (exact) mass is 709 g/mol. The number of benzene rings is 1. The molecular weight excluding hydrogens is 670 g/mol. The van der Waals surface area contributed by atoms with Crippen molar-refractivity contribution in [2.45, 2.75) is 58.6 Å². The number of halogens is 1. The van der Waals surface area contributed by atoms with Gasteiger partial charge in [0, 0.05) is 42.9 Å². The lowest BCUT2D eigenvalue weighted by Gasteiger charge is -2.20. The van der Waals surface area contributed by atoms with Crippen LogP contribution in [0.15, 0.2) is 66.8 Å². The Labute approximate surface area is 289 Å². The first kappa shape index (κ1) is 36.5. The number of nitrogens with one attached hydrogen (secondary N) is 1. The van der Waals surface area contributed by atoms with Crippen molar-refractivity contribution in [3.63, 3.8) is 0 Å².